The Hall–Kier alpha value is -1.27. The van der Waals surface area contributed by atoms with E-state index in [2.05, 4.69) is 45.5 Å². The summed E-state index contributed by atoms with van der Waals surface area (Å²) in [5.74, 6) is 1.27. The number of benzene rings is 2. The summed E-state index contributed by atoms with van der Waals surface area (Å²) < 4.78 is 17.8. The minimum absolute atomic E-state index is 0.0706. The molecule has 0 atom stereocenters. The van der Waals surface area contributed by atoms with Crippen LogP contribution in [-0.4, -0.2) is 33.5 Å². The van der Waals surface area contributed by atoms with Crippen LogP contribution >= 0.6 is 27.5 Å². The highest BCUT2D eigenvalue weighted by Crippen LogP contribution is 2.37. The molecule has 4 nitrogen and oxygen atoms in total. The molecule has 0 unspecified atom stereocenters. The first kappa shape index (κ1) is 21.4. The summed E-state index contributed by atoms with van der Waals surface area (Å²) in [6.07, 6.45) is 2.01. The number of hydrogen-bond acceptors (Lipinski definition) is 4. The van der Waals surface area contributed by atoms with Gasteiger partial charge in [-0.2, -0.15) is 0 Å². The number of ether oxygens (including phenoxy) is 3. The zero-order chi connectivity index (χ0) is 20.0. The molecule has 0 spiro atoms. The van der Waals surface area contributed by atoms with Gasteiger partial charge in [-0.25, -0.2) is 0 Å². The number of hydrogen-bond donors (Lipinski definition) is 1. The third kappa shape index (κ3) is 5.01. The van der Waals surface area contributed by atoms with Crippen LogP contribution in [0.15, 0.2) is 40.9 Å². The lowest BCUT2D eigenvalue weighted by atomic mass is 9.74. The number of halogens is 2. The second-order valence-electron chi connectivity index (χ2n) is 7.05. The molecule has 1 aliphatic heterocycles. The predicted molar refractivity (Wildman–Crippen MR) is 117 cm³/mol. The third-order valence-corrected chi connectivity index (χ3v) is 6.03. The smallest absolute Gasteiger partial charge is 0.179 e. The summed E-state index contributed by atoms with van der Waals surface area (Å²) in [4.78, 5) is 0. The van der Waals surface area contributed by atoms with Crippen LogP contribution in [0.4, 0.5) is 0 Å². The van der Waals surface area contributed by atoms with Gasteiger partial charge in [-0.3, -0.25) is 0 Å². The van der Waals surface area contributed by atoms with Crippen molar-refractivity contribution in [3.05, 3.63) is 57.0 Å². The molecule has 1 N–H and O–H groups in total. The van der Waals surface area contributed by atoms with E-state index in [1.54, 1.807) is 7.11 Å². The molecular formula is C22H27BrClNO3. The average molecular weight is 469 g/mol. The van der Waals surface area contributed by atoms with Crippen LogP contribution in [0, 0.1) is 0 Å². The van der Waals surface area contributed by atoms with Gasteiger partial charge >= 0.3 is 0 Å². The molecule has 28 heavy (non-hydrogen) atoms. The summed E-state index contributed by atoms with van der Waals surface area (Å²) in [6, 6.07) is 12.5. The highest BCUT2D eigenvalue weighted by Gasteiger charge is 2.34. The second-order valence-corrected chi connectivity index (χ2v) is 8.37. The van der Waals surface area contributed by atoms with E-state index in [4.69, 9.17) is 25.8 Å². The SMILES string of the molecule is CCOc1c(Cl)cc(CNCC2(c3cccc(Br)c3)CCOCC2)cc1OC. The van der Waals surface area contributed by atoms with Gasteiger partial charge < -0.3 is 19.5 Å². The van der Waals surface area contributed by atoms with Crippen LogP contribution in [-0.2, 0) is 16.7 Å². The van der Waals surface area contributed by atoms with Gasteiger partial charge in [-0.15, -0.1) is 0 Å². The van der Waals surface area contributed by atoms with E-state index in [1.165, 1.54) is 5.56 Å². The molecule has 0 bridgehead atoms. The molecule has 152 valence electrons. The van der Waals surface area contributed by atoms with Crippen LogP contribution in [0.2, 0.25) is 5.02 Å². The monoisotopic (exact) mass is 467 g/mol. The summed E-state index contributed by atoms with van der Waals surface area (Å²) >= 11 is 10.0. The van der Waals surface area contributed by atoms with Crippen molar-refractivity contribution in [1.29, 1.82) is 0 Å². The van der Waals surface area contributed by atoms with Crippen molar-refractivity contribution in [3.63, 3.8) is 0 Å². The molecule has 2 aromatic carbocycles. The summed E-state index contributed by atoms with van der Waals surface area (Å²) in [5, 5.41) is 4.21. The second kappa shape index (κ2) is 9.97. The van der Waals surface area contributed by atoms with Gasteiger partial charge in [0.25, 0.3) is 0 Å². The zero-order valence-corrected chi connectivity index (χ0v) is 18.7. The molecule has 0 aromatic heterocycles. The molecular weight excluding hydrogens is 442 g/mol. The van der Waals surface area contributed by atoms with Gasteiger partial charge in [0.15, 0.2) is 11.5 Å². The minimum Gasteiger partial charge on any atom is -0.493 e. The van der Waals surface area contributed by atoms with Gasteiger partial charge in [-0.1, -0.05) is 39.7 Å². The fraction of sp³-hybridized carbons (Fsp3) is 0.455. The van der Waals surface area contributed by atoms with Gasteiger partial charge in [0, 0.05) is 36.2 Å². The Bertz CT molecular complexity index is 793. The molecule has 1 saturated heterocycles. The molecule has 0 aliphatic carbocycles. The molecule has 0 amide bonds. The quantitative estimate of drug-likeness (QED) is 0.567. The van der Waals surface area contributed by atoms with Crippen molar-refractivity contribution in [1.82, 2.24) is 5.32 Å². The topological polar surface area (TPSA) is 39.7 Å². The maximum Gasteiger partial charge on any atom is 0.179 e. The Balaban J connectivity index is 1.73. The van der Waals surface area contributed by atoms with Crippen molar-refractivity contribution < 1.29 is 14.2 Å². The third-order valence-electron chi connectivity index (χ3n) is 5.26. The van der Waals surface area contributed by atoms with Crippen molar-refractivity contribution in [2.45, 2.75) is 31.7 Å². The van der Waals surface area contributed by atoms with Crippen molar-refractivity contribution >= 4 is 27.5 Å². The average Bonchev–Trinajstić information content (AvgIpc) is 2.70. The lowest BCUT2D eigenvalue weighted by Crippen LogP contribution is -2.42. The lowest BCUT2D eigenvalue weighted by Gasteiger charge is -2.38. The Kier molecular flexibility index (Phi) is 7.63. The van der Waals surface area contributed by atoms with Gasteiger partial charge in [0.05, 0.1) is 18.7 Å². The molecule has 3 rings (SSSR count). The first-order chi connectivity index (χ1) is 13.6. The van der Waals surface area contributed by atoms with Crippen LogP contribution in [0.5, 0.6) is 11.5 Å². The maximum atomic E-state index is 6.41. The Labute approximate surface area is 180 Å². The summed E-state index contributed by atoms with van der Waals surface area (Å²) in [6.45, 7) is 5.64. The predicted octanol–water partition coefficient (Wildman–Crippen LogP) is 5.35. The van der Waals surface area contributed by atoms with Gasteiger partial charge in [-0.05, 0) is 55.2 Å². The number of rotatable bonds is 8. The standard InChI is InChI=1S/C22H27BrClNO3/c1-3-28-21-19(24)11-16(12-20(21)26-2)14-25-15-22(7-9-27-10-8-22)17-5-4-6-18(23)13-17/h4-6,11-13,25H,3,7-10,14-15H2,1-2H3. The zero-order valence-electron chi connectivity index (χ0n) is 16.4. The molecule has 2 aromatic rings. The van der Waals surface area contributed by atoms with Crippen LogP contribution in [0.1, 0.15) is 30.9 Å². The highest BCUT2D eigenvalue weighted by atomic mass is 79.9. The van der Waals surface area contributed by atoms with Gasteiger partial charge in [0.1, 0.15) is 0 Å². The van der Waals surface area contributed by atoms with E-state index in [-0.39, 0.29) is 5.41 Å². The van der Waals surface area contributed by atoms with E-state index in [0.717, 1.165) is 42.6 Å². The Morgan fingerprint density at radius 3 is 2.68 bits per heavy atom. The summed E-state index contributed by atoms with van der Waals surface area (Å²) in [7, 11) is 1.63. The number of nitrogens with one attached hydrogen (secondary N) is 1. The Morgan fingerprint density at radius 1 is 1.21 bits per heavy atom. The van der Waals surface area contributed by atoms with E-state index < -0.39 is 0 Å². The fourth-order valence-corrected chi connectivity index (χ4v) is 4.44. The van der Waals surface area contributed by atoms with Crippen molar-refractivity contribution in [2.75, 3.05) is 33.5 Å². The summed E-state index contributed by atoms with van der Waals surface area (Å²) in [5.41, 5.74) is 2.49. The van der Waals surface area contributed by atoms with Crippen molar-refractivity contribution in [3.8, 4) is 11.5 Å². The molecule has 0 saturated carbocycles. The highest BCUT2D eigenvalue weighted by molar-refractivity contribution is 9.10. The van der Waals surface area contributed by atoms with Crippen LogP contribution < -0.4 is 14.8 Å². The van der Waals surface area contributed by atoms with Gasteiger partial charge in [0.2, 0.25) is 0 Å². The first-order valence-electron chi connectivity index (χ1n) is 9.61. The van der Waals surface area contributed by atoms with Crippen molar-refractivity contribution in [2.24, 2.45) is 0 Å². The maximum absolute atomic E-state index is 6.41. The van der Waals surface area contributed by atoms with E-state index in [9.17, 15) is 0 Å². The normalized spacial score (nSPS) is 16.0. The fourth-order valence-electron chi connectivity index (χ4n) is 3.75. The van der Waals surface area contributed by atoms with Crippen LogP contribution in [0.25, 0.3) is 0 Å². The Morgan fingerprint density at radius 2 is 2.00 bits per heavy atom. The largest absolute Gasteiger partial charge is 0.493 e. The minimum atomic E-state index is 0.0706. The van der Waals surface area contributed by atoms with E-state index in [1.807, 2.05) is 19.1 Å². The first-order valence-corrected chi connectivity index (χ1v) is 10.8. The molecule has 6 heteroatoms. The molecule has 0 radical (unpaired) electrons. The van der Waals surface area contributed by atoms with E-state index >= 15 is 0 Å². The lowest BCUT2D eigenvalue weighted by molar-refractivity contribution is 0.0497. The van der Waals surface area contributed by atoms with Crippen LogP contribution in [0.3, 0.4) is 0 Å². The molecule has 1 heterocycles. The molecule has 1 aliphatic rings. The van der Waals surface area contributed by atoms with E-state index in [0.29, 0.717) is 29.7 Å². The molecule has 1 fully saturated rings. The number of methoxy groups -OCH3 is 1.